The Bertz CT molecular complexity index is 567. The molecule has 6 heteroatoms. The van der Waals surface area contributed by atoms with Crippen LogP contribution >= 0.6 is 0 Å². The van der Waals surface area contributed by atoms with Crippen molar-refractivity contribution in [1.29, 1.82) is 0 Å². The van der Waals surface area contributed by atoms with E-state index in [2.05, 4.69) is 34.8 Å². The third-order valence-corrected chi connectivity index (χ3v) is 4.16. The molecule has 1 aromatic rings. The summed E-state index contributed by atoms with van der Waals surface area (Å²) in [6.07, 6.45) is 4.48. The van der Waals surface area contributed by atoms with Crippen LogP contribution in [0.4, 0.5) is 10.5 Å². The maximum Gasteiger partial charge on any atom is 0.321 e. The van der Waals surface area contributed by atoms with E-state index in [-0.39, 0.29) is 6.03 Å². The SMILES string of the molecule is CCCCNC(=NCc1cccc(NC(=O)N2CCCC2)c1)NCC. The van der Waals surface area contributed by atoms with Crippen LogP contribution < -0.4 is 16.0 Å². The number of aliphatic imine (C=N–C) groups is 1. The number of rotatable bonds is 7. The fourth-order valence-corrected chi connectivity index (χ4v) is 2.77. The number of guanidine groups is 1. The van der Waals surface area contributed by atoms with E-state index in [9.17, 15) is 4.79 Å². The molecular weight excluding hydrogens is 314 g/mol. The van der Waals surface area contributed by atoms with E-state index in [4.69, 9.17) is 0 Å². The zero-order valence-electron chi connectivity index (χ0n) is 15.5. The number of carbonyl (C=O) groups is 1. The van der Waals surface area contributed by atoms with Gasteiger partial charge < -0.3 is 20.9 Å². The number of hydrogen-bond acceptors (Lipinski definition) is 2. The van der Waals surface area contributed by atoms with Crippen molar-refractivity contribution in [2.75, 3.05) is 31.5 Å². The Labute approximate surface area is 151 Å². The summed E-state index contributed by atoms with van der Waals surface area (Å²) in [5.74, 6) is 0.836. The molecule has 2 rings (SSSR count). The van der Waals surface area contributed by atoms with Gasteiger partial charge in [0.2, 0.25) is 0 Å². The smallest absolute Gasteiger partial charge is 0.321 e. The zero-order valence-corrected chi connectivity index (χ0v) is 15.5. The van der Waals surface area contributed by atoms with Crippen LogP contribution in [-0.2, 0) is 6.54 Å². The lowest BCUT2D eigenvalue weighted by Crippen LogP contribution is -2.37. The molecule has 1 aromatic carbocycles. The summed E-state index contributed by atoms with van der Waals surface area (Å²) < 4.78 is 0. The molecule has 1 aliphatic heterocycles. The van der Waals surface area contributed by atoms with E-state index in [1.807, 2.05) is 29.2 Å². The number of nitrogens with one attached hydrogen (secondary N) is 3. The van der Waals surface area contributed by atoms with Gasteiger partial charge in [-0.1, -0.05) is 25.5 Å². The van der Waals surface area contributed by atoms with Crippen LogP contribution in [0.15, 0.2) is 29.3 Å². The van der Waals surface area contributed by atoms with Gasteiger partial charge in [-0.25, -0.2) is 9.79 Å². The number of benzene rings is 1. The maximum atomic E-state index is 12.2. The molecule has 0 bridgehead atoms. The van der Waals surface area contributed by atoms with Crippen LogP contribution in [0.1, 0.15) is 45.1 Å². The molecule has 6 nitrogen and oxygen atoms in total. The van der Waals surface area contributed by atoms with Crippen molar-refractivity contribution in [1.82, 2.24) is 15.5 Å². The number of amides is 2. The van der Waals surface area contributed by atoms with E-state index in [0.29, 0.717) is 6.54 Å². The minimum Gasteiger partial charge on any atom is -0.357 e. The topological polar surface area (TPSA) is 68.8 Å². The normalized spacial score (nSPS) is 14.5. The van der Waals surface area contributed by atoms with E-state index in [1.54, 1.807) is 0 Å². The first kappa shape index (κ1) is 19.1. The second-order valence-corrected chi connectivity index (χ2v) is 6.30. The van der Waals surface area contributed by atoms with Crippen molar-refractivity contribution >= 4 is 17.7 Å². The summed E-state index contributed by atoms with van der Waals surface area (Å²) in [7, 11) is 0. The van der Waals surface area contributed by atoms with Gasteiger partial charge in [-0.15, -0.1) is 0 Å². The third kappa shape index (κ3) is 6.64. The minimum atomic E-state index is -0.00674. The van der Waals surface area contributed by atoms with Crippen molar-refractivity contribution in [2.45, 2.75) is 46.1 Å². The first-order valence-corrected chi connectivity index (χ1v) is 9.40. The molecule has 138 valence electrons. The second-order valence-electron chi connectivity index (χ2n) is 6.30. The number of urea groups is 1. The molecule has 0 aromatic heterocycles. The maximum absolute atomic E-state index is 12.2. The molecule has 0 aliphatic carbocycles. The van der Waals surface area contributed by atoms with E-state index < -0.39 is 0 Å². The monoisotopic (exact) mass is 345 g/mol. The van der Waals surface area contributed by atoms with Gasteiger partial charge in [0.1, 0.15) is 0 Å². The molecule has 1 aliphatic rings. The number of nitrogens with zero attached hydrogens (tertiary/aromatic N) is 2. The highest BCUT2D eigenvalue weighted by molar-refractivity contribution is 5.89. The van der Waals surface area contributed by atoms with Gasteiger partial charge in [-0.2, -0.15) is 0 Å². The van der Waals surface area contributed by atoms with Crippen LogP contribution in [0.25, 0.3) is 0 Å². The van der Waals surface area contributed by atoms with Gasteiger partial charge >= 0.3 is 6.03 Å². The van der Waals surface area contributed by atoms with Crippen LogP contribution in [0, 0.1) is 0 Å². The fraction of sp³-hybridized carbons (Fsp3) is 0.579. The van der Waals surface area contributed by atoms with Crippen molar-refractivity contribution in [3.63, 3.8) is 0 Å². The molecule has 0 saturated carbocycles. The molecule has 2 amide bonds. The van der Waals surface area contributed by atoms with Gasteiger partial charge in [0, 0.05) is 31.9 Å². The Kier molecular flexibility index (Phi) is 8.09. The zero-order chi connectivity index (χ0) is 17.9. The van der Waals surface area contributed by atoms with Gasteiger partial charge in [0.05, 0.1) is 6.54 Å². The summed E-state index contributed by atoms with van der Waals surface area (Å²) in [4.78, 5) is 18.7. The van der Waals surface area contributed by atoms with Crippen LogP contribution in [0.5, 0.6) is 0 Å². The fourth-order valence-electron chi connectivity index (χ4n) is 2.77. The molecule has 1 saturated heterocycles. The summed E-state index contributed by atoms with van der Waals surface area (Å²) in [6, 6.07) is 7.90. The Morgan fingerprint density at radius 2 is 2.00 bits per heavy atom. The summed E-state index contributed by atoms with van der Waals surface area (Å²) in [5.41, 5.74) is 1.90. The average molecular weight is 345 g/mol. The lowest BCUT2D eigenvalue weighted by molar-refractivity contribution is 0.222. The van der Waals surface area contributed by atoms with Gasteiger partial charge in [0.25, 0.3) is 0 Å². The quantitative estimate of drug-likeness (QED) is 0.404. The molecule has 0 unspecified atom stereocenters. The molecule has 1 heterocycles. The largest absolute Gasteiger partial charge is 0.357 e. The average Bonchev–Trinajstić information content (AvgIpc) is 3.15. The van der Waals surface area contributed by atoms with Gasteiger partial charge in [0.15, 0.2) is 5.96 Å². The van der Waals surface area contributed by atoms with Crippen molar-refractivity contribution in [3.8, 4) is 0 Å². The van der Waals surface area contributed by atoms with Crippen LogP contribution in [-0.4, -0.2) is 43.1 Å². The summed E-state index contributed by atoms with van der Waals surface area (Å²) >= 11 is 0. The number of hydrogen-bond donors (Lipinski definition) is 3. The van der Waals surface area contributed by atoms with Crippen molar-refractivity contribution < 1.29 is 4.79 Å². The van der Waals surface area contributed by atoms with E-state index in [1.165, 1.54) is 0 Å². The Morgan fingerprint density at radius 3 is 2.72 bits per heavy atom. The number of unbranched alkanes of at least 4 members (excludes halogenated alkanes) is 1. The van der Waals surface area contributed by atoms with Crippen LogP contribution in [0.2, 0.25) is 0 Å². The van der Waals surface area contributed by atoms with Crippen LogP contribution in [0.3, 0.4) is 0 Å². The standard InChI is InChI=1S/C19H31N5O/c1-3-5-11-21-18(20-4-2)22-15-16-9-8-10-17(14-16)23-19(25)24-12-6-7-13-24/h8-10,14H,3-7,11-13,15H2,1-2H3,(H,23,25)(H2,20,21,22). The highest BCUT2D eigenvalue weighted by atomic mass is 16.2. The number of anilines is 1. The second kappa shape index (κ2) is 10.6. The molecule has 0 radical (unpaired) electrons. The first-order chi connectivity index (χ1) is 12.2. The number of likely N-dealkylation sites (tertiary alicyclic amines) is 1. The highest BCUT2D eigenvalue weighted by Gasteiger charge is 2.17. The molecule has 0 spiro atoms. The predicted octanol–water partition coefficient (Wildman–Crippen LogP) is 3.17. The lowest BCUT2D eigenvalue weighted by atomic mass is 10.2. The molecule has 0 atom stereocenters. The molecule has 1 fully saturated rings. The van der Waals surface area contributed by atoms with Gasteiger partial charge in [-0.3, -0.25) is 0 Å². The van der Waals surface area contributed by atoms with E-state index in [0.717, 1.165) is 69.1 Å². The highest BCUT2D eigenvalue weighted by Crippen LogP contribution is 2.14. The first-order valence-electron chi connectivity index (χ1n) is 9.40. The van der Waals surface area contributed by atoms with E-state index >= 15 is 0 Å². The van der Waals surface area contributed by atoms with Gasteiger partial charge in [-0.05, 0) is 43.9 Å². The molecule has 3 N–H and O–H groups in total. The Balaban J connectivity index is 1.92. The summed E-state index contributed by atoms with van der Waals surface area (Å²) in [5, 5.41) is 9.58. The molecular formula is C19H31N5O. The lowest BCUT2D eigenvalue weighted by Gasteiger charge is -2.16. The van der Waals surface area contributed by atoms with Crippen molar-refractivity contribution in [3.05, 3.63) is 29.8 Å². The summed E-state index contributed by atoms with van der Waals surface area (Å²) in [6.45, 7) is 8.28. The molecule has 25 heavy (non-hydrogen) atoms. The predicted molar refractivity (Wildman–Crippen MR) is 104 cm³/mol. The van der Waals surface area contributed by atoms with Crippen molar-refractivity contribution in [2.24, 2.45) is 4.99 Å². The number of carbonyl (C=O) groups excluding carboxylic acids is 1. The Morgan fingerprint density at radius 1 is 1.20 bits per heavy atom. The third-order valence-electron chi connectivity index (χ3n) is 4.16. The minimum absolute atomic E-state index is 0.00674. The Hall–Kier alpha value is -2.24.